The standard InChI is InChI=1S/C20H11ClN2O5/c21-16-10(5-6-13-18(16)26-8-25-13)14-11(7-22)19(23)28-17-9-3-1-2-4-12(9)27-20(24)15(14)17/h1-6,14H,8,23H2/t14-/m1/s1. The maximum absolute atomic E-state index is 12.9. The number of para-hydroxylation sites is 1. The van der Waals surface area contributed by atoms with Gasteiger partial charge in [-0.25, -0.2) is 4.79 Å². The third kappa shape index (κ3) is 2.19. The van der Waals surface area contributed by atoms with Crippen molar-refractivity contribution in [2.75, 3.05) is 6.79 Å². The average molecular weight is 395 g/mol. The first-order chi connectivity index (χ1) is 13.6. The topological polar surface area (TPSA) is 108 Å². The van der Waals surface area contributed by atoms with Crippen molar-refractivity contribution >= 4 is 22.6 Å². The van der Waals surface area contributed by atoms with E-state index >= 15 is 0 Å². The van der Waals surface area contributed by atoms with Gasteiger partial charge >= 0.3 is 5.63 Å². The van der Waals surface area contributed by atoms with Crippen molar-refractivity contribution in [1.82, 2.24) is 0 Å². The van der Waals surface area contributed by atoms with Crippen molar-refractivity contribution in [2.24, 2.45) is 5.73 Å². The molecule has 138 valence electrons. The molecule has 2 N–H and O–H groups in total. The third-order valence-electron chi connectivity index (χ3n) is 4.79. The molecule has 2 aliphatic heterocycles. The fraction of sp³-hybridized carbons (Fsp3) is 0.100. The summed E-state index contributed by atoms with van der Waals surface area (Å²) < 4.78 is 21.9. The Balaban J connectivity index is 1.85. The van der Waals surface area contributed by atoms with Crippen LogP contribution in [0.3, 0.4) is 0 Å². The number of nitriles is 1. The number of nitrogens with zero attached hydrogens (tertiary/aromatic N) is 1. The molecule has 1 atom stereocenters. The molecule has 1 aromatic heterocycles. The number of allylic oxidation sites excluding steroid dienone is 1. The Kier molecular flexibility index (Phi) is 3.51. The molecule has 3 aromatic rings. The van der Waals surface area contributed by atoms with Crippen LogP contribution >= 0.6 is 11.6 Å². The predicted molar refractivity (Wildman–Crippen MR) is 99.4 cm³/mol. The second kappa shape index (κ2) is 5.94. The second-order valence-electron chi connectivity index (χ2n) is 6.26. The zero-order valence-corrected chi connectivity index (χ0v) is 14.9. The van der Waals surface area contributed by atoms with Gasteiger partial charge in [-0.2, -0.15) is 5.26 Å². The zero-order valence-electron chi connectivity index (χ0n) is 14.2. The van der Waals surface area contributed by atoms with Crippen molar-refractivity contribution in [3.05, 3.63) is 74.4 Å². The van der Waals surface area contributed by atoms with Gasteiger partial charge in [0.25, 0.3) is 0 Å². The number of benzene rings is 2. The highest BCUT2D eigenvalue weighted by Crippen LogP contribution is 2.49. The zero-order chi connectivity index (χ0) is 19.4. The van der Waals surface area contributed by atoms with E-state index in [4.69, 9.17) is 36.0 Å². The summed E-state index contributed by atoms with van der Waals surface area (Å²) in [6.07, 6.45) is 0. The van der Waals surface area contributed by atoms with Crippen LogP contribution in [0.25, 0.3) is 11.0 Å². The van der Waals surface area contributed by atoms with Gasteiger partial charge in [0.2, 0.25) is 12.7 Å². The first-order valence-electron chi connectivity index (χ1n) is 8.31. The molecule has 0 fully saturated rings. The van der Waals surface area contributed by atoms with Crippen LogP contribution < -0.4 is 25.6 Å². The first kappa shape index (κ1) is 16.5. The number of hydrogen-bond acceptors (Lipinski definition) is 7. The van der Waals surface area contributed by atoms with Gasteiger partial charge in [0.05, 0.1) is 21.9 Å². The van der Waals surface area contributed by atoms with Crippen LogP contribution in [-0.4, -0.2) is 6.79 Å². The monoisotopic (exact) mass is 394 g/mol. The Morgan fingerprint density at radius 3 is 2.79 bits per heavy atom. The van der Waals surface area contributed by atoms with Gasteiger partial charge in [-0.15, -0.1) is 0 Å². The molecule has 0 amide bonds. The lowest BCUT2D eigenvalue weighted by Crippen LogP contribution is -2.26. The minimum Gasteiger partial charge on any atom is -0.454 e. The Bertz CT molecular complexity index is 1290. The highest BCUT2D eigenvalue weighted by atomic mass is 35.5. The summed E-state index contributed by atoms with van der Waals surface area (Å²) >= 11 is 6.54. The van der Waals surface area contributed by atoms with Gasteiger partial charge in [-0.05, 0) is 23.8 Å². The van der Waals surface area contributed by atoms with Crippen LogP contribution in [-0.2, 0) is 0 Å². The number of nitrogens with two attached hydrogens (primary N) is 1. The minimum atomic E-state index is -0.864. The van der Waals surface area contributed by atoms with E-state index in [2.05, 4.69) is 0 Å². The van der Waals surface area contributed by atoms with Gasteiger partial charge in [0.1, 0.15) is 17.2 Å². The fourth-order valence-corrected chi connectivity index (χ4v) is 3.87. The number of halogens is 1. The van der Waals surface area contributed by atoms with Gasteiger partial charge in [0, 0.05) is 0 Å². The quantitative estimate of drug-likeness (QED) is 0.630. The molecule has 28 heavy (non-hydrogen) atoms. The molecule has 0 spiro atoms. The van der Waals surface area contributed by atoms with Crippen LogP contribution in [0.15, 0.2) is 57.1 Å². The number of ether oxygens (including phenoxy) is 3. The smallest absolute Gasteiger partial charge is 0.344 e. The number of fused-ring (bicyclic) bond motifs is 4. The van der Waals surface area contributed by atoms with Gasteiger partial charge in [0.15, 0.2) is 17.2 Å². The van der Waals surface area contributed by atoms with Gasteiger partial charge < -0.3 is 24.4 Å². The van der Waals surface area contributed by atoms with E-state index in [9.17, 15) is 10.1 Å². The highest BCUT2D eigenvalue weighted by Gasteiger charge is 2.38. The van der Waals surface area contributed by atoms with Crippen LogP contribution in [0.4, 0.5) is 0 Å². The molecule has 2 aromatic carbocycles. The average Bonchev–Trinajstić information content (AvgIpc) is 3.17. The van der Waals surface area contributed by atoms with Crippen molar-refractivity contribution in [3.8, 4) is 23.3 Å². The largest absolute Gasteiger partial charge is 0.454 e. The molecule has 0 saturated heterocycles. The summed E-state index contributed by atoms with van der Waals surface area (Å²) in [7, 11) is 0. The molecule has 0 aliphatic carbocycles. The van der Waals surface area contributed by atoms with E-state index in [-0.39, 0.29) is 34.6 Å². The molecule has 5 rings (SSSR count). The lowest BCUT2D eigenvalue weighted by Gasteiger charge is -2.26. The molecular formula is C20H11ClN2O5. The maximum Gasteiger partial charge on any atom is 0.344 e. The van der Waals surface area contributed by atoms with Crippen molar-refractivity contribution in [3.63, 3.8) is 0 Å². The summed E-state index contributed by atoms with van der Waals surface area (Å²) in [5.41, 5.74) is 6.46. The molecule has 0 saturated carbocycles. The Labute approximate surface area is 163 Å². The van der Waals surface area contributed by atoms with Crippen LogP contribution in [0.2, 0.25) is 5.02 Å². The van der Waals surface area contributed by atoms with Crippen LogP contribution in [0.1, 0.15) is 17.0 Å². The molecular weight excluding hydrogens is 384 g/mol. The number of rotatable bonds is 1. The van der Waals surface area contributed by atoms with E-state index in [0.29, 0.717) is 28.0 Å². The van der Waals surface area contributed by atoms with Crippen LogP contribution in [0, 0.1) is 11.3 Å². The summed E-state index contributed by atoms with van der Waals surface area (Å²) in [5, 5.41) is 10.5. The van der Waals surface area contributed by atoms with E-state index in [0.717, 1.165) is 0 Å². The third-order valence-corrected chi connectivity index (χ3v) is 5.18. The second-order valence-corrected chi connectivity index (χ2v) is 6.63. The lowest BCUT2D eigenvalue weighted by molar-refractivity contribution is 0.174. The fourth-order valence-electron chi connectivity index (χ4n) is 3.55. The van der Waals surface area contributed by atoms with E-state index < -0.39 is 11.5 Å². The van der Waals surface area contributed by atoms with Crippen molar-refractivity contribution < 1.29 is 18.6 Å². The summed E-state index contributed by atoms with van der Waals surface area (Å²) in [6.45, 7) is 0.0404. The van der Waals surface area contributed by atoms with E-state index in [1.54, 1.807) is 36.4 Å². The SMILES string of the molecule is N#CC1=C(N)Oc2c(c(=O)oc3ccccc23)[C@@H]1c1ccc2c(c1Cl)OCO2. The molecule has 7 nitrogen and oxygen atoms in total. The maximum atomic E-state index is 12.9. The van der Waals surface area contributed by atoms with E-state index in [1.165, 1.54) is 0 Å². The summed E-state index contributed by atoms with van der Waals surface area (Å²) in [5.74, 6) is 0.137. The highest BCUT2D eigenvalue weighted by molar-refractivity contribution is 6.33. The molecule has 3 heterocycles. The number of hydrogen-bond donors (Lipinski definition) is 1. The molecule has 0 bridgehead atoms. The first-order valence-corrected chi connectivity index (χ1v) is 8.69. The normalized spacial score (nSPS) is 17.2. The molecule has 0 radical (unpaired) electrons. The van der Waals surface area contributed by atoms with Gasteiger partial charge in [-0.1, -0.05) is 29.8 Å². The van der Waals surface area contributed by atoms with Gasteiger partial charge in [-0.3, -0.25) is 0 Å². The predicted octanol–water partition coefficient (Wildman–Crippen LogP) is 3.39. The van der Waals surface area contributed by atoms with E-state index in [1.807, 2.05) is 6.07 Å². The Morgan fingerprint density at radius 1 is 1.14 bits per heavy atom. The van der Waals surface area contributed by atoms with Crippen molar-refractivity contribution in [1.29, 1.82) is 5.26 Å². The summed E-state index contributed by atoms with van der Waals surface area (Å²) in [4.78, 5) is 12.9. The van der Waals surface area contributed by atoms with Crippen LogP contribution in [0.5, 0.6) is 17.2 Å². The molecule has 0 unspecified atom stereocenters. The molecule has 2 aliphatic rings. The Hall–Kier alpha value is -3.63. The summed E-state index contributed by atoms with van der Waals surface area (Å²) in [6, 6.07) is 12.3. The van der Waals surface area contributed by atoms with Crippen molar-refractivity contribution in [2.45, 2.75) is 5.92 Å². The lowest BCUT2D eigenvalue weighted by atomic mass is 9.83. The Morgan fingerprint density at radius 2 is 1.96 bits per heavy atom. The molecule has 8 heteroatoms. The minimum absolute atomic E-state index is 0.0404.